The van der Waals surface area contributed by atoms with Crippen LogP contribution in [0.15, 0.2) is 35.0 Å². The minimum absolute atomic E-state index is 0.273. The van der Waals surface area contributed by atoms with E-state index < -0.39 is 17.4 Å². The topological polar surface area (TPSA) is 131 Å². The first-order valence-corrected chi connectivity index (χ1v) is 4.76. The van der Waals surface area contributed by atoms with Gasteiger partial charge in [0.15, 0.2) is 10.8 Å². The van der Waals surface area contributed by atoms with E-state index in [9.17, 15) is 14.9 Å². The van der Waals surface area contributed by atoms with Gasteiger partial charge in [-0.15, -0.1) is 0 Å². The summed E-state index contributed by atoms with van der Waals surface area (Å²) < 4.78 is 0. The summed E-state index contributed by atoms with van der Waals surface area (Å²) in [6, 6.07) is 6.32. The van der Waals surface area contributed by atoms with E-state index in [-0.39, 0.29) is 11.3 Å². The molecule has 0 fully saturated rings. The molecule has 18 heavy (non-hydrogen) atoms. The van der Waals surface area contributed by atoms with Crippen LogP contribution in [0.3, 0.4) is 0 Å². The highest BCUT2D eigenvalue weighted by molar-refractivity contribution is 5.93. The first kappa shape index (κ1) is 13.2. The van der Waals surface area contributed by atoms with Crippen molar-refractivity contribution in [2.24, 2.45) is 5.11 Å². The van der Waals surface area contributed by atoms with Crippen LogP contribution in [0.1, 0.15) is 5.56 Å². The standard InChI is InChI=1S/C10H8N4O4/c11-13-12-9-4-2-1-3-7(9)5-8(10(15)16)6-14(17)18/h1-5,11H,6H2/p+1. The molecule has 92 valence electrons. The molecule has 0 spiro atoms. The number of nitrogens with one attached hydrogen (secondary N) is 1. The summed E-state index contributed by atoms with van der Waals surface area (Å²) in [6.07, 6.45) is 1.15. The molecular formula is C10H9N4O4+. The lowest BCUT2D eigenvalue weighted by atomic mass is 10.1. The van der Waals surface area contributed by atoms with Crippen molar-refractivity contribution >= 4 is 17.7 Å². The highest BCUT2D eigenvalue weighted by Gasteiger charge is 2.15. The SMILES string of the molecule is N=[N+]=Nc1ccccc1C=C(C[N+](=O)[O-])C(=O)O. The Hall–Kier alpha value is -2.86. The molecule has 8 heteroatoms. The zero-order valence-corrected chi connectivity index (χ0v) is 9.11. The third-order valence-corrected chi connectivity index (χ3v) is 2.00. The van der Waals surface area contributed by atoms with Crippen LogP contribution in [-0.4, -0.2) is 22.5 Å². The van der Waals surface area contributed by atoms with Crippen molar-refractivity contribution in [3.8, 4) is 0 Å². The van der Waals surface area contributed by atoms with E-state index in [0.29, 0.717) is 5.56 Å². The molecule has 0 saturated heterocycles. The minimum Gasteiger partial charge on any atom is -0.478 e. The Morgan fingerprint density at radius 1 is 1.56 bits per heavy atom. The van der Waals surface area contributed by atoms with E-state index in [4.69, 9.17) is 10.6 Å². The highest BCUT2D eigenvalue weighted by Crippen LogP contribution is 2.20. The van der Waals surface area contributed by atoms with Gasteiger partial charge in [0.1, 0.15) is 11.1 Å². The van der Waals surface area contributed by atoms with Gasteiger partial charge in [0.2, 0.25) is 11.5 Å². The van der Waals surface area contributed by atoms with Crippen molar-refractivity contribution in [2.45, 2.75) is 0 Å². The van der Waals surface area contributed by atoms with Gasteiger partial charge in [-0.2, -0.15) is 0 Å². The Labute approximate surface area is 101 Å². The average molecular weight is 249 g/mol. The number of hydrogen-bond donors (Lipinski definition) is 2. The van der Waals surface area contributed by atoms with Crippen LogP contribution in [0.5, 0.6) is 0 Å². The van der Waals surface area contributed by atoms with Gasteiger partial charge < -0.3 is 5.11 Å². The largest absolute Gasteiger partial charge is 0.478 e. The molecule has 0 bridgehead atoms. The zero-order valence-electron chi connectivity index (χ0n) is 9.11. The lowest BCUT2D eigenvalue weighted by molar-refractivity contribution is -0.470. The summed E-state index contributed by atoms with van der Waals surface area (Å²) in [6.45, 7) is -0.790. The molecule has 8 nitrogen and oxygen atoms in total. The van der Waals surface area contributed by atoms with Gasteiger partial charge in [0, 0.05) is 10.5 Å². The fraction of sp³-hybridized carbons (Fsp3) is 0.100. The number of rotatable bonds is 5. The number of benzene rings is 1. The molecule has 0 unspecified atom stereocenters. The molecule has 0 heterocycles. The second kappa shape index (κ2) is 6.02. The molecule has 0 aliphatic heterocycles. The van der Waals surface area contributed by atoms with E-state index in [1.54, 1.807) is 12.1 Å². The maximum atomic E-state index is 10.8. The summed E-state index contributed by atoms with van der Waals surface area (Å²) in [5, 5.41) is 22.7. The van der Waals surface area contributed by atoms with Crippen molar-refractivity contribution in [1.82, 2.24) is 4.91 Å². The Balaban J connectivity index is 3.23. The fourth-order valence-corrected chi connectivity index (χ4v) is 1.26. The Morgan fingerprint density at radius 3 is 2.78 bits per heavy atom. The highest BCUT2D eigenvalue weighted by atomic mass is 16.6. The fourth-order valence-electron chi connectivity index (χ4n) is 1.26. The lowest BCUT2D eigenvalue weighted by Crippen LogP contribution is -2.12. The molecule has 1 aromatic carbocycles. The van der Waals surface area contributed by atoms with Gasteiger partial charge in [0.25, 0.3) is 0 Å². The van der Waals surface area contributed by atoms with Crippen LogP contribution < -0.4 is 4.91 Å². The first-order valence-electron chi connectivity index (χ1n) is 4.76. The summed E-state index contributed by atoms with van der Waals surface area (Å²) in [5.74, 6) is -1.37. The van der Waals surface area contributed by atoms with Crippen molar-refractivity contribution in [1.29, 1.82) is 5.53 Å². The monoisotopic (exact) mass is 249 g/mol. The molecule has 1 aromatic rings. The van der Waals surface area contributed by atoms with Crippen molar-refractivity contribution < 1.29 is 14.8 Å². The third-order valence-electron chi connectivity index (χ3n) is 2.00. The van der Waals surface area contributed by atoms with Crippen molar-refractivity contribution in [3.05, 3.63) is 45.5 Å². The average Bonchev–Trinajstić information content (AvgIpc) is 2.30. The second-order valence-corrected chi connectivity index (χ2v) is 3.22. The van der Waals surface area contributed by atoms with Gasteiger partial charge in [-0.1, -0.05) is 18.2 Å². The van der Waals surface area contributed by atoms with Crippen LogP contribution >= 0.6 is 0 Å². The van der Waals surface area contributed by atoms with Gasteiger partial charge >= 0.3 is 5.97 Å². The molecule has 0 atom stereocenters. The van der Waals surface area contributed by atoms with E-state index in [0.717, 1.165) is 6.08 Å². The van der Waals surface area contributed by atoms with Crippen LogP contribution in [0.4, 0.5) is 5.69 Å². The number of carboxylic acid groups (broad SMARTS) is 1. The van der Waals surface area contributed by atoms with Gasteiger partial charge in [0.05, 0.1) is 0 Å². The van der Waals surface area contributed by atoms with Crippen LogP contribution in [0.25, 0.3) is 6.08 Å². The van der Waals surface area contributed by atoms with Crippen molar-refractivity contribution in [3.63, 3.8) is 0 Å². The van der Waals surface area contributed by atoms with Crippen molar-refractivity contribution in [2.75, 3.05) is 6.54 Å². The second-order valence-electron chi connectivity index (χ2n) is 3.22. The summed E-state index contributed by atoms with van der Waals surface area (Å²) >= 11 is 0. The predicted octanol–water partition coefficient (Wildman–Crippen LogP) is 1.61. The summed E-state index contributed by atoms with van der Waals surface area (Å²) in [5.41, 5.74) is 6.89. The van der Waals surface area contributed by atoms with Gasteiger partial charge in [-0.25, -0.2) is 4.79 Å². The molecule has 2 N–H and O–H groups in total. The Kier molecular flexibility index (Phi) is 4.42. The van der Waals surface area contributed by atoms with E-state index in [1.165, 1.54) is 12.1 Å². The lowest BCUT2D eigenvalue weighted by Gasteiger charge is -1.98. The molecule has 0 amide bonds. The molecule has 0 saturated carbocycles. The maximum Gasteiger partial charge on any atom is 0.338 e. The maximum absolute atomic E-state index is 10.8. The molecule has 0 aliphatic carbocycles. The van der Waals surface area contributed by atoms with Crippen LogP contribution in [-0.2, 0) is 4.79 Å². The Bertz CT molecular complexity index is 561. The molecule has 0 aromatic heterocycles. The van der Waals surface area contributed by atoms with Crippen LogP contribution in [0.2, 0.25) is 0 Å². The number of aliphatic carboxylic acids is 1. The van der Waals surface area contributed by atoms with Gasteiger partial charge in [-0.05, 0) is 12.1 Å². The predicted molar refractivity (Wildman–Crippen MR) is 60.9 cm³/mol. The number of nitrogens with zero attached hydrogens (tertiary/aromatic N) is 3. The van der Waals surface area contributed by atoms with E-state index >= 15 is 0 Å². The number of carbonyl (C=O) groups is 1. The Morgan fingerprint density at radius 2 is 2.22 bits per heavy atom. The van der Waals surface area contributed by atoms with Gasteiger partial charge in [-0.3, -0.25) is 10.1 Å². The first-order chi connectivity index (χ1) is 8.54. The summed E-state index contributed by atoms with van der Waals surface area (Å²) in [4.78, 5) is 23.3. The normalized spacial score (nSPS) is 10.6. The van der Waals surface area contributed by atoms with E-state index in [1.807, 2.05) is 0 Å². The summed E-state index contributed by atoms with van der Waals surface area (Å²) in [7, 11) is 0. The molecule has 0 aliphatic rings. The van der Waals surface area contributed by atoms with Crippen LogP contribution in [0, 0.1) is 15.6 Å². The smallest absolute Gasteiger partial charge is 0.338 e. The minimum atomic E-state index is -1.37. The quantitative estimate of drug-likeness (QED) is 0.270. The number of carboxylic acids is 1. The molecule has 0 radical (unpaired) electrons. The number of nitro groups is 1. The molecular weight excluding hydrogens is 240 g/mol. The molecule has 1 rings (SSSR count). The number of hydrogen-bond acceptors (Lipinski definition) is 5. The zero-order chi connectivity index (χ0) is 13.5. The van der Waals surface area contributed by atoms with E-state index in [2.05, 4.69) is 10.0 Å². The third kappa shape index (κ3) is 3.62.